The van der Waals surface area contributed by atoms with Crippen LogP contribution in [0.5, 0.6) is 0 Å². The summed E-state index contributed by atoms with van der Waals surface area (Å²) in [4.78, 5) is 0. The zero-order valence-corrected chi connectivity index (χ0v) is 7.98. The van der Waals surface area contributed by atoms with Crippen molar-refractivity contribution in [2.75, 3.05) is 11.1 Å². The van der Waals surface area contributed by atoms with E-state index in [4.69, 9.17) is 5.73 Å². The summed E-state index contributed by atoms with van der Waals surface area (Å²) in [6.45, 7) is 0. The SMILES string of the molecule is Nc1ccccc1NC1C=CC=CC1. The maximum atomic E-state index is 5.83. The molecule has 0 saturated carbocycles. The van der Waals surface area contributed by atoms with Crippen LogP contribution in [0.4, 0.5) is 11.4 Å². The van der Waals surface area contributed by atoms with Crippen molar-refractivity contribution in [3.8, 4) is 0 Å². The largest absolute Gasteiger partial charge is 0.397 e. The van der Waals surface area contributed by atoms with E-state index in [1.54, 1.807) is 0 Å². The molecule has 72 valence electrons. The van der Waals surface area contributed by atoms with Gasteiger partial charge in [-0.15, -0.1) is 0 Å². The quantitative estimate of drug-likeness (QED) is 0.697. The highest BCUT2D eigenvalue weighted by molar-refractivity contribution is 5.66. The molecule has 14 heavy (non-hydrogen) atoms. The first-order valence-electron chi connectivity index (χ1n) is 4.80. The molecule has 0 fully saturated rings. The molecule has 1 aromatic rings. The minimum atomic E-state index is 0.365. The van der Waals surface area contributed by atoms with Crippen LogP contribution >= 0.6 is 0 Å². The molecule has 2 rings (SSSR count). The van der Waals surface area contributed by atoms with Crippen molar-refractivity contribution in [2.24, 2.45) is 0 Å². The van der Waals surface area contributed by atoms with E-state index in [-0.39, 0.29) is 0 Å². The van der Waals surface area contributed by atoms with Gasteiger partial charge in [0.1, 0.15) is 0 Å². The van der Waals surface area contributed by atoms with Gasteiger partial charge in [0.05, 0.1) is 11.4 Å². The Bertz CT molecular complexity index is 366. The second-order valence-corrected chi connectivity index (χ2v) is 3.39. The molecule has 0 heterocycles. The molecular formula is C12H14N2. The van der Waals surface area contributed by atoms with E-state index in [0.717, 1.165) is 17.8 Å². The van der Waals surface area contributed by atoms with Crippen molar-refractivity contribution in [1.82, 2.24) is 0 Å². The monoisotopic (exact) mass is 186 g/mol. The van der Waals surface area contributed by atoms with Gasteiger partial charge >= 0.3 is 0 Å². The molecule has 0 bridgehead atoms. The van der Waals surface area contributed by atoms with Crippen LogP contribution in [0.15, 0.2) is 48.6 Å². The molecule has 2 heteroatoms. The van der Waals surface area contributed by atoms with Crippen LogP contribution in [0.3, 0.4) is 0 Å². The third kappa shape index (κ3) is 1.96. The summed E-state index contributed by atoms with van der Waals surface area (Å²) in [5.74, 6) is 0. The number of nitrogen functional groups attached to an aromatic ring is 1. The molecule has 0 radical (unpaired) electrons. The molecule has 1 atom stereocenters. The van der Waals surface area contributed by atoms with Gasteiger partial charge in [0, 0.05) is 6.04 Å². The number of rotatable bonds is 2. The zero-order valence-electron chi connectivity index (χ0n) is 7.98. The van der Waals surface area contributed by atoms with Crippen LogP contribution in [0.2, 0.25) is 0 Å². The summed E-state index contributed by atoms with van der Waals surface area (Å²) in [6, 6.07) is 8.20. The van der Waals surface area contributed by atoms with Crippen molar-refractivity contribution >= 4 is 11.4 Å². The van der Waals surface area contributed by atoms with Crippen LogP contribution < -0.4 is 11.1 Å². The van der Waals surface area contributed by atoms with Gasteiger partial charge in [-0.05, 0) is 18.6 Å². The van der Waals surface area contributed by atoms with Gasteiger partial charge < -0.3 is 11.1 Å². The van der Waals surface area contributed by atoms with E-state index in [1.807, 2.05) is 24.3 Å². The first kappa shape index (κ1) is 8.88. The number of hydrogen-bond donors (Lipinski definition) is 2. The Balaban J connectivity index is 2.07. The number of hydrogen-bond acceptors (Lipinski definition) is 2. The minimum Gasteiger partial charge on any atom is -0.397 e. The van der Waals surface area contributed by atoms with E-state index < -0.39 is 0 Å². The highest BCUT2D eigenvalue weighted by atomic mass is 14.9. The molecule has 1 aliphatic rings. The lowest BCUT2D eigenvalue weighted by molar-refractivity contribution is 0.884. The molecule has 1 unspecified atom stereocenters. The maximum Gasteiger partial charge on any atom is 0.0578 e. The Morgan fingerprint density at radius 2 is 2.07 bits per heavy atom. The molecule has 3 N–H and O–H groups in total. The highest BCUT2D eigenvalue weighted by Gasteiger charge is 2.05. The summed E-state index contributed by atoms with van der Waals surface area (Å²) < 4.78 is 0. The normalized spacial score (nSPS) is 19.6. The Morgan fingerprint density at radius 3 is 2.79 bits per heavy atom. The third-order valence-electron chi connectivity index (χ3n) is 2.28. The summed E-state index contributed by atoms with van der Waals surface area (Å²) in [7, 11) is 0. The van der Waals surface area contributed by atoms with Crippen LogP contribution in [-0.2, 0) is 0 Å². The zero-order chi connectivity index (χ0) is 9.80. The summed E-state index contributed by atoms with van der Waals surface area (Å²) in [5.41, 5.74) is 7.65. The molecule has 0 aliphatic heterocycles. The van der Waals surface area contributed by atoms with Gasteiger partial charge in [0.15, 0.2) is 0 Å². The van der Waals surface area contributed by atoms with E-state index >= 15 is 0 Å². The lowest BCUT2D eigenvalue weighted by atomic mass is 10.1. The third-order valence-corrected chi connectivity index (χ3v) is 2.28. The first-order valence-corrected chi connectivity index (χ1v) is 4.80. The fourth-order valence-corrected chi connectivity index (χ4v) is 1.52. The fourth-order valence-electron chi connectivity index (χ4n) is 1.52. The summed E-state index contributed by atoms with van der Waals surface area (Å²) in [6.07, 6.45) is 9.43. The van der Waals surface area contributed by atoms with Crippen molar-refractivity contribution in [3.05, 3.63) is 48.6 Å². The molecule has 0 amide bonds. The minimum absolute atomic E-state index is 0.365. The highest BCUT2D eigenvalue weighted by Crippen LogP contribution is 2.19. The van der Waals surface area contributed by atoms with Gasteiger partial charge in [0.25, 0.3) is 0 Å². The van der Waals surface area contributed by atoms with E-state index in [0.29, 0.717) is 6.04 Å². The predicted molar refractivity (Wildman–Crippen MR) is 61.2 cm³/mol. The topological polar surface area (TPSA) is 38.0 Å². The number of nitrogens with two attached hydrogens (primary N) is 1. The van der Waals surface area contributed by atoms with E-state index in [2.05, 4.69) is 29.6 Å². The number of benzene rings is 1. The average Bonchev–Trinajstić information content (AvgIpc) is 2.23. The standard InChI is InChI=1S/C12H14N2/c13-11-8-4-5-9-12(11)14-10-6-2-1-3-7-10/h1-6,8-10,14H,7,13H2. The molecule has 0 aromatic heterocycles. The number of nitrogens with one attached hydrogen (secondary N) is 1. The summed E-state index contributed by atoms with van der Waals surface area (Å²) in [5, 5.41) is 3.39. The fraction of sp³-hybridized carbons (Fsp3) is 0.167. The summed E-state index contributed by atoms with van der Waals surface area (Å²) >= 11 is 0. The first-order chi connectivity index (χ1) is 6.86. The molecule has 0 saturated heterocycles. The number of anilines is 2. The van der Waals surface area contributed by atoms with Crippen LogP contribution in [-0.4, -0.2) is 6.04 Å². The smallest absolute Gasteiger partial charge is 0.0578 e. The predicted octanol–water partition coefficient (Wildman–Crippen LogP) is 2.57. The molecule has 1 aliphatic carbocycles. The van der Waals surface area contributed by atoms with Crippen molar-refractivity contribution < 1.29 is 0 Å². The molecular weight excluding hydrogens is 172 g/mol. The van der Waals surface area contributed by atoms with Crippen LogP contribution in [0.25, 0.3) is 0 Å². The Labute approximate surface area is 84.1 Å². The Kier molecular flexibility index (Phi) is 2.54. The lowest BCUT2D eigenvalue weighted by Crippen LogP contribution is -2.17. The van der Waals surface area contributed by atoms with E-state index in [1.165, 1.54) is 0 Å². The number of para-hydroxylation sites is 2. The van der Waals surface area contributed by atoms with Gasteiger partial charge in [0.2, 0.25) is 0 Å². The van der Waals surface area contributed by atoms with Crippen LogP contribution in [0, 0.1) is 0 Å². The van der Waals surface area contributed by atoms with Crippen molar-refractivity contribution in [3.63, 3.8) is 0 Å². The molecule has 1 aromatic carbocycles. The molecule has 2 nitrogen and oxygen atoms in total. The van der Waals surface area contributed by atoms with Crippen molar-refractivity contribution in [2.45, 2.75) is 12.5 Å². The van der Waals surface area contributed by atoms with E-state index in [9.17, 15) is 0 Å². The van der Waals surface area contributed by atoms with Gasteiger partial charge in [-0.2, -0.15) is 0 Å². The Hall–Kier alpha value is -1.70. The lowest BCUT2D eigenvalue weighted by Gasteiger charge is -2.17. The van der Waals surface area contributed by atoms with Gasteiger partial charge in [-0.1, -0.05) is 36.4 Å². The second-order valence-electron chi connectivity index (χ2n) is 3.39. The van der Waals surface area contributed by atoms with Gasteiger partial charge in [-0.25, -0.2) is 0 Å². The maximum absolute atomic E-state index is 5.83. The molecule has 0 spiro atoms. The Morgan fingerprint density at radius 1 is 1.21 bits per heavy atom. The second kappa shape index (κ2) is 4.01. The van der Waals surface area contributed by atoms with Crippen LogP contribution in [0.1, 0.15) is 6.42 Å². The van der Waals surface area contributed by atoms with Crippen molar-refractivity contribution in [1.29, 1.82) is 0 Å². The van der Waals surface area contributed by atoms with Gasteiger partial charge in [-0.3, -0.25) is 0 Å². The average molecular weight is 186 g/mol. The number of allylic oxidation sites excluding steroid dienone is 2.